The Kier molecular flexibility index (Phi) is 4.04. The minimum absolute atomic E-state index is 0.133. The Balaban J connectivity index is 1.97. The number of amides is 1. The molecule has 0 bridgehead atoms. The predicted octanol–water partition coefficient (Wildman–Crippen LogP) is 1.52. The monoisotopic (exact) mass is 263 g/mol. The van der Waals surface area contributed by atoms with Crippen LogP contribution in [0.25, 0.3) is 0 Å². The number of rotatable bonds is 5. The second kappa shape index (κ2) is 5.73. The van der Waals surface area contributed by atoms with Crippen LogP contribution in [0.1, 0.15) is 30.1 Å². The number of hydrogen-bond donors (Lipinski definition) is 1. The highest BCUT2D eigenvalue weighted by atomic mass is 16.5. The van der Waals surface area contributed by atoms with Crippen molar-refractivity contribution in [2.75, 3.05) is 7.11 Å². The van der Waals surface area contributed by atoms with Gasteiger partial charge in [-0.05, 0) is 38.0 Å². The molecule has 1 aromatic carbocycles. The molecule has 0 radical (unpaired) electrons. The Morgan fingerprint density at radius 3 is 2.74 bits per heavy atom. The fourth-order valence-corrected chi connectivity index (χ4v) is 1.62. The maximum absolute atomic E-state index is 11.7. The van der Waals surface area contributed by atoms with E-state index in [4.69, 9.17) is 4.74 Å². The van der Waals surface area contributed by atoms with Crippen LogP contribution < -0.4 is 10.1 Å². The van der Waals surface area contributed by atoms with Gasteiger partial charge < -0.3 is 14.8 Å². The maximum Gasteiger partial charge on any atom is 0.337 e. The van der Waals surface area contributed by atoms with Crippen molar-refractivity contribution in [1.82, 2.24) is 5.32 Å². The van der Waals surface area contributed by atoms with Crippen LogP contribution in [-0.2, 0) is 9.53 Å². The van der Waals surface area contributed by atoms with Gasteiger partial charge in [0.2, 0.25) is 0 Å². The number of esters is 1. The zero-order valence-corrected chi connectivity index (χ0v) is 11.0. The van der Waals surface area contributed by atoms with Crippen molar-refractivity contribution < 1.29 is 19.1 Å². The molecule has 1 fully saturated rings. The molecule has 2 rings (SSSR count). The molecule has 5 heteroatoms. The van der Waals surface area contributed by atoms with Crippen molar-refractivity contribution in [2.24, 2.45) is 0 Å². The van der Waals surface area contributed by atoms with Crippen LogP contribution in [0.5, 0.6) is 5.75 Å². The third kappa shape index (κ3) is 3.71. The average Bonchev–Trinajstić information content (AvgIpc) is 3.22. The number of benzene rings is 1. The molecule has 0 heterocycles. The predicted molar refractivity (Wildman–Crippen MR) is 69.0 cm³/mol. The van der Waals surface area contributed by atoms with E-state index in [-0.39, 0.29) is 5.91 Å². The van der Waals surface area contributed by atoms with Crippen molar-refractivity contribution >= 4 is 11.9 Å². The number of carbonyl (C=O) groups excluding carboxylic acids is 2. The summed E-state index contributed by atoms with van der Waals surface area (Å²) in [5.41, 5.74) is 0.398. The molecular formula is C14H17NO4. The van der Waals surface area contributed by atoms with Crippen molar-refractivity contribution in [3.63, 3.8) is 0 Å². The lowest BCUT2D eigenvalue weighted by Gasteiger charge is -2.14. The van der Waals surface area contributed by atoms with Gasteiger partial charge in [0, 0.05) is 6.04 Å². The molecule has 0 aromatic heterocycles. The molecule has 1 saturated carbocycles. The highest BCUT2D eigenvalue weighted by molar-refractivity contribution is 5.89. The highest BCUT2D eigenvalue weighted by Gasteiger charge is 2.26. The molecule has 19 heavy (non-hydrogen) atoms. The zero-order valence-electron chi connectivity index (χ0n) is 11.0. The number of hydrogen-bond acceptors (Lipinski definition) is 4. The van der Waals surface area contributed by atoms with Gasteiger partial charge in [-0.15, -0.1) is 0 Å². The summed E-state index contributed by atoms with van der Waals surface area (Å²) >= 11 is 0. The lowest BCUT2D eigenvalue weighted by molar-refractivity contribution is -0.127. The molecule has 0 saturated heterocycles. The van der Waals surface area contributed by atoms with Gasteiger partial charge in [-0.25, -0.2) is 4.79 Å². The Morgan fingerprint density at radius 2 is 2.11 bits per heavy atom. The Bertz CT molecular complexity index is 482. The summed E-state index contributed by atoms with van der Waals surface area (Å²) in [5.74, 6) is -0.0900. The summed E-state index contributed by atoms with van der Waals surface area (Å²) in [6, 6.07) is 6.89. The van der Waals surface area contributed by atoms with Gasteiger partial charge in [0.05, 0.1) is 12.7 Å². The van der Waals surface area contributed by atoms with Gasteiger partial charge >= 0.3 is 5.97 Å². The van der Waals surface area contributed by atoms with E-state index < -0.39 is 12.1 Å². The van der Waals surface area contributed by atoms with Gasteiger partial charge in [-0.1, -0.05) is 6.07 Å². The third-order valence-corrected chi connectivity index (χ3v) is 2.86. The first-order chi connectivity index (χ1) is 9.10. The number of carbonyl (C=O) groups is 2. The topological polar surface area (TPSA) is 64.6 Å². The molecule has 1 aliphatic rings. The van der Waals surface area contributed by atoms with Gasteiger partial charge in [0.1, 0.15) is 5.75 Å². The first-order valence-electron chi connectivity index (χ1n) is 6.25. The fourth-order valence-electron chi connectivity index (χ4n) is 1.62. The van der Waals surface area contributed by atoms with E-state index in [1.54, 1.807) is 31.2 Å². The van der Waals surface area contributed by atoms with E-state index in [9.17, 15) is 9.59 Å². The van der Waals surface area contributed by atoms with Gasteiger partial charge in [0.15, 0.2) is 6.10 Å². The van der Waals surface area contributed by atoms with E-state index in [2.05, 4.69) is 10.1 Å². The third-order valence-electron chi connectivity index (χ3n) is 2.86. The van der Waals surface area contributed by atoms with Gasteiger partial charge in [0.25, 0.3) is 5.91 Å². The summed E-state index contributed by atoms with van der Waals surface area (Å²) in [7, 11) is 1.32. The largest absolute Gasteiger partial charge is 0.481 e. The summed E-state index contributed by atoms with van der Waals surface area (Å²) in [6.45, 7) is 1.68. The van der Waals surface area contributed by atoms with Gasteiger partial charge in [-0.3, -0.25) is 4.79 Å². The second-order valence-electron chi connectivity index (χ2n) is 4.56. The number of methoxy groups -OCH3 is 1. The molecule has 1 aliphatic carbocycles. The molecular weight excluding hydrogens is 246 g/mol. The standard InChI is InChI=1S/C14H17NO4/c1-9(13(16)15-11-6-7-11)19-12-5-3-4-10(8-12)14(17)18-2/h3-5,8-9,11H,6-7H2,1-2H3,(H,15,16)/t9-/m1/s1. The molecule has 5 nitrogen and oxygen atoms in total. The highest BCUT2D eigenvalue weighted by Crippen LogP contribution is 2.20. The summed E-state index contributed by atoms with van der Waals surface area (Å²) in [5, 5.41) is 2.87. The van der Waals surface area contributed by atoms with Crippen molar-refractivity contribution in [2.45, 2.75) is 31.9 Å². The molecule has 0 unspecified atom stereocenters. The van der Waals surface area contributed by atoms with Crippen LogP contribution in [0.3, 0.4) is 0 Å². The lowest BCUT2D eigenvalue weighted by Crippen LogP contribution is -2.37. The summed E-state index contributed by atoms with van der Waals surface area (Å²) < 4.78 is 10.2. The molecule has 1 N–H and O–H groups in total. The van der Waals surface area contributed by atoms with E-state index in [0.29, 0.717) is 17.4 Å². The second-order valence-corrected chi connectivity index (χ2v) is 4.56. The van der Waals surface area contributed by atoms with E-state index in [1.807, 2.05) is 0 Å². The molecule has 0 spiro atoms. The fraction of sp³-hybridized carbons (Fsp3) is 0.429. The quantitative estimate of drug-likeness (QED) is 0.818. The summed E-state index contributed by atoms with van der Waals surface area (Å²) in [4.78, 5) is 23.1. The lowest BCUT2D eigenvalue weighted by atomic mass is 10.2. The van der Waals surface area contributed by atoms with E-state index in [1.165, 1.54) is 7.11 Å². The molecule has 1 aromatic rings. The first-order valence-corrected chi connectivity index (χ1v) is 6.25. The molecule has 0 aliphatic heterocycles. The Labute approximate surface area is 111 Å². The minimum atomic E-state index is -0.589. The Morgan fingerprint density at radius 1 is 1.37 bits per heavy atom. The normalized spacial score (nSPS) is 15.5. The summed E-state index contributed by atoms with van der Waals surface area (Å²) in [6.07, 6.45) is 1.49. The van der Waals surface area contributed by atoms with Crippen LogP contribution >= 0.6 is 0 Å². The zero-order chi connectivity index (χ0) is 13.8. The first kappa shape index (κ1) is 13.4. The molecule has 1 atom stereocenters. The van der Waals surface area contributed by atoms with Crippen molar-refractivity contribution in [3.8, 4) is 5.75 Å². The number of nitrogens with one attached hydrogen (secondary N) is 1. The van der Waals surface area contributed by atoms with Crippen LogP contribution in [-0.4, -0.2) is 31.1 Å². The van der Waals surface area contributed by atoms with Crippen LogP contribution in [0.15, 0.2) is 24.3 Å². The minimum Gasteiger partial charge on any atom is -0.481 e. The van der Waals surface area contributed by atoms with Crippen LogP contribution in [0.2, 0.25) is 0 Å². The smallest absolute Gasteiger partial charge is 0.337 e. The van der Waals surface area contributed by atoms with E-state index >= 15 is 0 Å². The van der Waals surface area contributed by atoms with Crippen molar-refractivity contribution in [1.29, 1.82) is 0 Å². The average molecular weight is 263 g/mol. The number of ether oxygens (including phenoxy) is 2. The molecule has 102 valence electrons. The van der Waals surface area contributed by atoms with Crippen molar-refractivity contribution in [3.05, 3.63) is 29.8 Å². The maximum atomic E-state index is 11.7. The van der Waals surface area contributed by atoms with Gasteiger partial charge in [-0.2, -0.15) is 0 Å². The molecule has 1 amide bonds. The Hall–Kier alpha value is -2.04. The SMILES string of the molecule is COC(=O)c1cccc(O[C@H](C)C(=O)NC2CC2)c1. The van der Waals surface area contributed by atoms with Crippen LogP contribution in [0, 0.1) is 0 Å². The van der Waals surface area contributed by atoms with Crippen LogP contribution in [0.4, 0.5) is 0 Å². The van der Waals surface area contributed by atoms with E-state index in [0.717, 1.165) is 12.8 Å².